The smallest absolute Gasteiger partial charge is 0.321 e. The van der Waals surface area contributed by atoms with E-state index in [1.165, 1.54) is 0 Å². The van der Waals surface area contributed by atoms with Crippen LogP contribution in [0.3, 0.4) is 0 Å². The molecule has 1 unspecified atom stereocenters. The zero-order chi connectivity index (χ0) is 17.6. The molecule has 2 saturated heterocycles. The van der Waals surface area contributed by atoms with Gasteiger partial charge in [0, 0.05) is 39.3 Å². The predicted molar refractivity (Wildman–Crippen MR) is 98.2 cm³/mol. The molecule has 3 rings (SSSR count). The molecule has 0 aromatic heterocycles. The van der Waals surface area contributed by atoms with Crippen LogP contribution in [-0.4, -0.2) is 67.9 Å². The van der Waals surface area contributed by atoms with Gasteiger partial charge in [-0.15, -0.1) is 0 Å². The van der Waals surface area contributed by atoms with Crippen molar-refractivity contribution < 1.29 is 14.3 Å². The maximum absolute atomic E-state index is 12.6. The minimum atomic E-state index is -0.0400. The summed E-state index contributed by atoms with van der Waals surface area (Å²) in [5.74, 6) is 0.718. The van der Waals surface area contributed by atoms with E-state index in [9.17, 15) is 4.79 Å². The molecule has 0 radical (unpaired) electrons. The van der Waals surface area contributed by atoms with Crippen LogP contribution >= 0.6 is 0 Å². The number of para-hydroxylation sites is 2. The highest BCUT2D eigenvalue weighted by molar-refractivity contribution is 5.91. The number of benzene rings is 1. The third-order valence-electron chi connectivity index (χ3n) is 5.21. The van der Waals surface area contributed by atoms with Gasteiger partial charge < -0.3 is 19.7 Å². The Balaban J connectivity index is 1.50. The van der Waals surface area contributed by atoms with Gasteiger partial charge in [0.15, 0.2) is 0 Å². The van der Waals surface area contributed by atoms with Gasteiger partial charge in [-0.3, -0.25) is 4.90 Å². The highest BCUT2D eigenvalue weighted by Gasteiger charge is 2.31. The number of methoxy groups -OCH3 is 1. The van der Waals surface area contributed by atoms with Gasteiger partial charge in [-0.2, -0.15) is 0 Å². The fraction of sp³-hybridized carbons (Fsp3) is 0.632. The van der Waals surface area contributed by atoms with Crippen molar-refractivity contribution in [3.8, 4) is 5.75 Å². The van der Waals surface area contributed by atoms with E-state index in [2.05, 4.69) is 10.2 Å². The topological polar surface area (TPSA) is 54.0 Å². The molecule has 25 heavy (non-hydrogen) atoms. The lowest BCUT2D eigenvalue weighted by Gasteiger charge is -2.36. The predicted octanol–water partition coefficient (Wildman–Crippen LogP) is 2.80. The van der Waals surface area contributed by atoms with Crippen LogP contribution in [0.2, 0.25) is 0 Å². The molecule has 2 heterocycles. The molecule has 1 aromatic rings. The molecule has 2 fully saturated rings. The first-order chi connectivity index (χ1) is 12.2. The minimum Gasteiger partial charge on any atom is -0.492 e. The normalized spacial score (nSPS) is 22.2. The Morgan fingerprint density at radius 2 is 1.96 bits per heavy atom. The molecular weight excluding hydrogens is 318 g/mol. The van der Waals surface area contributed by atoms with Crippen molar-refractivity contribution in [2.75, 3.05) is 45.2 Å². The van der Waals surface area contributed by atoms with Gasteiger partial charge in [-0.25, -0.2) is 4.79 Å². The van der Waals surface area contributed by atoms with Crippen LogP contribution in [0.25, 0.3) is 0 Å². The van der Waals surface area contributed by atoms with Crippen LogP contribution < -0.4 is 10.1 Å². The van der Waals surface area contributed by atoms with Crippen molar-refractivity contribution in [2.45, 2.75) is 38.3 Å². The van der Waals surface area contributed by atoms with Crippen molar-refractivity contribution in [3.05, 3.63) is 24.3 Å². The molecule has 138 valence electrons. The number of amides is 2. The SMILES string of the molecule is CCOc1ccccc1NC(=O)N1CCC(N2CCC(OC)C2)CC1. The molecule has 1 atom stereocenters. The molecule has 2 aliphatic rings. The molecule has 2 amide bonds. The quantitative estimate of drug-likeness (QED) is 0.890. The van der Waals surface area contributed by atoms with Crippen LogP contribution in [0, 0.1) is 0 Å². The lowest BCUT2D eigenvalue weighted by molar-refractivity contribution is 0.0889. The van der Waals surface area contributed by atoms with E-state index in [1.807, 2.05) is 36.1 Å². The number of ether oxygens (including phenoxy) is 2. The van der Waals surface area contributed by atoms with Crippen LogP contribution in [0.4, 0.5) is 10.5 Å². The standard InChI is InChI=1S/C19H29N3O3/c1-3-25-18-7-5-4-6-17(18)20-19(23)21-11-8-15(9-12-21)22-13-10-16(14-22)24-2/h4-7,15-16H,3,8-14H2,1-2H3,(H,20,23). The van der Waals surface area contributed by atoms with E-state index in [-0.39, 0.29) is 6.03 Å². The molecule has 6 heteroatoms. The van der Waals surface area contributed by atoms with Crippen molar-refractivity contribution in [1.82, 2.24) is 9.80 Å². The average molecular weight is 347 g/mol. The summed E-state index contributed by atoms with van der Waals surface area (Å²) in [6.45, 7) is 6.24. The van der Waals surface area contributed by atoms with Gasteiger partial charge in [0.2, 0.25) is 0 Å². The number of hydrogen-bond acceptors (Lipinski definition) is 4. The first-order valence-corrected chi connectivity index (χ1v) is 9.26. The summed E-state index contributed by atoms with van der Waals surface area (Å²) in [5, 5.41) is 2.99. The molecule has 2 aliphatic heterocycles. The molecule has 1 N–H and O–H groups in total. The summed E-state index contributed by atoms with van der Waals surface area (Å²) in [6, 6.07) is 8.11. The van der Waals surface area contributed by atoms with E-state index < -0.39 is 0 Å². The van der Waals surface area contributed by atoms with Gasteiger partial charge in [0.25, 0.3) is 0 Å². The van der Waals surface area contributed by atoms with Crippen LogP contribution in [0.15, 0.2) is 24.3 Å². The maximum atomic E-state index is 12.6. The summed E-state index contributed by atoms with van der Waals surface area (Å²) < 4.78 is 11.0. The van der Waals surface area contributed by atoms with Gasteiger partial charge in [0.05, 0.1) is 18.4 Å². The first kappa shape index (κ1) is 18.0. The van der Waals surface area contributed by atoms with Crippen molar-refractivity contribution in [2.24, 2.45) is 0 Å². The monoisotopic (exact) mass is 347 g/mol. The minimum absolute atomic E-state index is 0.0400. The number of urea groups is 1. The number of piperidine rings is 1. The number of carbonyl (C=O) groups excluding carboxylic acids is 1. The summed E-state index contributed by atoms with van der Waals surface area (Å²) in [7, 11) is 1.79. The molecular formula is C19H29N3O3. The lowest BCUT2D eigenvalue weighted by Crippen LogP contribution is -2.47. The number of nitrogens with one attached hydrogen (secondary N) is 1. The second-order valence-corrected chi connectivity index (χ2v) is 6.72. The Labute approximate surface area is 150 Å². The Kier molecular flexibility index (Phi) is 6.15. The lowest BCUT2D eigenvalue weighted by atomic mass is 10.0. The second kappa shape index (κ2) is 8.54. The summed E-state index contributed by atoms with van der Waals surface area (Å²) in [5.41, 5.74) is 0.735. The van der Waals surface area contributed by atoms with E-state index in [0.29, 0.717) is 18.8 Å². The van der Waals surface area contributed by atoms with Crippen molar-refractivity contribution in [3.63, 3.8) is 0 Å². The fourth-order valence-corrected chi connectivity index (χ4v) is 3.76. The Morgan fingerprint density at radius 1 is 1.20 bits per heavy atom. The summed E-state index contributed by atoms with van der Waals surface area (Å²) >= 11 is 0. The zero-order valence-corrected chi connectivity index (χ0v) is 15.2. The third kappa shape index (κ3) is 4.44. The van der Waals surface area contributed by atoms with Crippen molar-refractivity contribution in [1.29, 1.82) is 0 Å². The molecule has 1 aromatic carbocycles. The summed E-state index contributed by atoms with van der Waals surface area (Å²) in [4.78, 5) is 17.0. The number of hydrogen-bond donors (Lipinski definition) is 1. The van der Waals surface area contributed by atoms with E-state index in [4.69, 9.17) is 9.47 Å². The van der Waals surface area contributed by atoms with Gasteiger partial charge in [-0.05, 0) is 38.3 Å². The van der Waals surface area contributed by atoms with Crippen LogP contribution in [-0.2, 0) is 4.74 Å². The molecule has 6 nitrogen and oxygen atoms in total. The maximum Gasteiger partial charge on any atom is 0.321 e. The highest BCUT2D eigenvalue weighted by atomic mass is 16.5. The number of likely N-dealkylation sites (tertiary alicyclic amines) is 2. The molecule has 0 spiro atoms. The number of carbonyl (C=O) groups is 1. The number of rotatable bonds is 5. The zero-order valence-electron chi connectivity index (χ0n) is 15.2. The number of anilines is 1. The van der Waals surface area contributed by atoms with Gasteiger partial charge in [0.1, 0.15) is 5.75 Å². The van der Waals surface area contributed by atoms with E-state index in [0.717, 1.165) is 56.9 Å². The average Bonchev–Trinajstić information content (AvgIpc) is 3.13. The Hall–Kier alpha value is -1.79. The van der Waals surface area contributed by atoms with E-state index >= 15 is 0 Å². The first-order valence-electron chi connectivity index (χ1n) is 9.26. The number of nitrogens with zero attached hydrogens (tertiary/aromatic N) is 2. The Bertz CT molecular complexity index is 573. The van der Waals surface area contributed by atoms with E-state index in [1.54, 1.807) is 7.11 Å². The fourth-order valence-electron chi connectivity index (χ4n) is 3.76. The van der Waals surface area contributed by atoms with Gasteiger partial charge >= 0.3 is 6.03 Å². The van der Waals surface area contributed by atoms with Gasteiger partial charge in [-0.1, -0.05) is 12.1 Å². The molecule has 0 aliphatic carbocycles. The Morgan fingerprint density at radius 3 is 2.64 bits per heavy atom. The second-order valence-electron chi connectivity index (χ2n) is 6.72. The van der Waals surface area contributed by atoms with Crippen LogP contribution in [0.1, 0.15) is 26.2 Å². The highest BCUT2D eigenvalue weighted by Crippen LogP contribution is 2.26. The molecule has 0 saturated carbocycles. The molecule has 0 bridgehead atoms. The largest absolute Gasteiger partial charge is 0.492 e. The van der Waals surface area contributed by atoms with Crippen molar-refractivity contribution >= 4 is 11.7 Å². The van der Waals surface area contributed by atoms with Crippen LogP contribution in [0.5, 0.6) is 5.75 Å². The third-order valence-corrected chi connectivity index (χ3v) is 5.21. The summed E-state index contributed by atoms with van der Waals surface area (Å²) in [6.07, 6.45) is 3.54.